The highest BCUT2D eigenvalue weighted by Crippen LogP contribution is 2.26. The van der Waals surface area contributed by atoms with Crippen molar-refractivity contribution in [2.24, 2.45) is 0 Å². The van der Waals surface area contributed by atoms with Crippen molar-refractivity contribution < 1.29 is 9.53 Å². The van der Waals surface area contributed by atoms with Gasteiger partial charge in [-0.1, -0.05) is 66.4 Å². The van der Waals surface area contributed by atoms with E-state index in [1.165, 1.54) is 11.8 Å². The van der Waals surface area contributed by atoms with Crippen LogP contribution in [0.1, 0.15) is 11.3 Å². The quantitative estimate of drug-likeness (QED) is 0.432. The first-order valence-corrected chi connectivity index (χ1v) is 10.6. The smallest absolute Gasteiger partial charge is 0.234 e. The van der Waals surface area contributed by atoms with Crippen molar-refractivity contribution in [3.63, 3.8) is 0 Å². The van der Waals surface area contributed by atoms with Crippen LogP contribution in [0.15, 0.2) is 83.9 Å². The monoisotopic (exact) mass is 415 g/mol. The molecule has 150 valence electrons. The van der Waals surface area contributed by atoms with Gasteiger partial charge < -0.3 is 10.1 Å². The van der Waals surface area contributed by atoms with E-state index in [0.29, 0.717) is 17.9 Å². The van der Waals surface area contributed by atoms with E-state index in [0.717, 1.165) is 27.3 Å². The van der Waals surface area contributed by atoms with Crippen molar-refractivity contribution in [3.8, 4) is 5.75 Å². The van der Waals surface area contributed by atoms with Gasteiger partial charge in [0.1, 0.15) is 10.8 Å². The number of fused-ring (bicyclic) bond motifs is 1. The number of carbonyl (C=O) groups is 1. The van der Waals surface area contributed by atoms with Crippen molar-refractivity contribution in [2.45, 2.75) is 11.4 Å². The number of methoxy groups -OCH3 is 1. The number of hydrogen-bond donors (Lipinski definition) is 1. The molecule has 0 radical (unpaired) electrons. The molecule has 1 N–H and O–H groups in total. The fraction of sp³-hybridized carbons (Fsp3) is 0.125. The van der Waals surface area contributed by atoms with E-state index in [2.05, 4.69) is 17.4 Å². The zero-order valence-corrected chi connectivity index (χ0v) is 17.4. The molecular formula is C24H21N3O2S. The van der Waals surface area contributed by atoms with E-state index in [-0.39, 0.29) is 11.7 Å². The summed E-state index contributed by atoms with van der Waals surface area (Å²) in [5.74, 6) is 0.739. The number of para-hydroxylation sites is 4. The Morgan fingerprint density at radius 3 is 2.33 bits per heavy atom. The van der Waals surface area contributed by atoms with Gasteiger partial charge >= 0.3 is 0 Å². The third-order valence-corrected chi connectivity index (χ3v) is 5.55. The summed E-state index contributed by atoms with van der Waals surface area (Å²) in [6.45, 7) is 0. The molecule has 30 heavy (non-hydrogen) atoms. The molecule has 0 atom stereocenters. The van der Waals surface area contributed by atoms with Gasteiger partial charge in [-0.3, -0.25) is 4.79 Å². The molecule has 0 unspecified atom stereocenters. The van der Waals surface area contributed by atoms with Gasteiger partial charge in [0.2, 0.25) is 5.91 Å². The number of carbonyl (C=O) groups excluding carboxylic acids is 1. The van der Waals surface area contributed by atoms with Crippen LogP contribution in [-0.2, 0) is 11.2 Å². The number of anilines is 1. The molecule has 0 saturated carbocycles. The van der Waals surface area contributed by atoms with Crippen LogP contribution in [0.4, 0.5) is 5.69 Å². The van der Waals surface area contributed by atoms with Gasteiger partial charge in [0.15, 0.2) is 0 Å². The molecule has 0 fully saturated rings. The minimum Gasteiger partial charge on any atom is -0.495 e. The minimum atomic E-state index is -0.120. The molecule has 0 spiro atoms. The molecule has 6 heteroatoms. The molecule has 0 aliphatic carbocycles. The highest BCUT2D eigenvalue weighted by atomic mass is 32.2. The second-order valence-electron chi connectivity index (χ2n) is 6.66. The fourth-order valence-corrected chi connectivity index (χ4v) is 3.90. The van der Waals surface area contributed by atoms with Gasteiger partial charge in [-0.25, -0.2) is 9.97 Å². The molecule has 4 aromatic rings. The van der Waals surface area contributed by atoms with E-state index >= 15 is 0 Å². The lowest BCUT2D eigenvalue weighted by Crippen LogP contribution is -2.15. The number of nitrogens with one attached hydrogen (secondary N) is 1. The first kappa shape index (κ1) is 19.9. The number of rotatable bonds is 7. The number of aromatic nitrogens is 2. The predicted octanol–water partition coefficient (Wildman–Crippen LogP) is 4.96. The van der Waals surface area contributed by atoms with E-state index in [9.17, 15) is 4.79 Å². The number of ether oxygens (including phenoxy) is 1. The van der Waals surface area contributed by atoms with Crippen molar-refractivity contribution in [2.75, 3.05) is 18.2 Å². The summed E-state index contributed by atoms with van der Waals surface area (Å²) < 4.78 is 5.30. The lowest BCUT2D eigenvalue weighted by Gasteiger charge is -2.11. The van der Waals surface area contributed by atoms with Crippen LogP contribution in [0.5, 0.6) is 5.75 Å². The van der Waals surface area contributed by atoms with Crippen molar-refractivity contribution in [3.05, 3.63) is 90.1 Å². The summed E-state index contributed by atoms with van der Waals surface area (Å²) in [4.78, 5) is 22.2. The predicted molar refractivity (Wildman–Crippen MR) is 121 cm³/mol. The largest absolute Gasteiger partial charge is 0.495 e. The SMILES string of the molecule is COc1ccccc1NC(=O)CSc1nc2ccccc2nc1Cc1ccccc1. The molecule has 1 heterocycles. The first-order chi connectivity index (χ1) is 14.7. The summed E-state index contributed by atoms with van der Waals surface area (Å²) in [7, 11) is 1.58. The molecule has 1 aromatic heterocycles. The molecule has 0 saturated heterocycles. The Bertz CT molecular complexity index is 1170. The zero-order valence-electron chi connectivity index (χ0n) is 16.5. The van der Waals surface area contributed by atoms with Crippen LogP contribution < -0.4 is 10.1 Å². The summed E-state index contributed by atoms with van der Waals surface area (Å²) in [6.07, 6.45) is 0.662. The second kappa shape index (κ2) is 9.41. The van der Waals surface area contributed by atoms with Crippen LogP contribution in [-0.4, -0.2) is 28.7 Å². The van der Waals surface area contributed by atoms with Crippen molar-refractivity contribution in [1.29, 1.82) is 0 Å². The standard InChI is InChI=1S/C24H21N3O2S/c1-29-22-14-8-7-13-20(22)26-23(28)16-30-24-21(15-17-9-3-2-4-10-17)25-18-11-5-6-12-19(18)27-24/h2-14H,15-16H2,1H3,(H,26,28). The van der Waals surface area contributed by atoms with Crippen LogP contribution in [0.25, 0.3) is 11.0 Å². The average Bonchev–Trinajstić information content (AvgIpc) is 2.78. The molecule has 4 rings (SSSR count). The molecule has 0 bridgehead atoms. The Kier molecular flexibility index (Phi) is 6.25. The lowest BCUT2D eigenvalue weighted by atomic mass is 10.1. The second-order valence-corrected chi connectivity index (χ2v) is 7.63. The van der Waals surface area contributed by atoms with E-state index in [1.807, 2.05) is 66.7 Å². The number of benzene rings is 3. The number of hydrogen-bond acceptors (Lipinski definition) is 5. The average molecular weight is 416 g/mol. The molecule has 1 amide bonds. The molecule has 5 nitrogen and oxygen atoms in total. The zero-order chi connectivity index (χ0) is 20.8. The third-order valence-electron chi connectivity index (χ3n) is 4.54. The Morgan fingerprint density at radius 2 is 1.57 bits per heavy atom. The van der Waals surface area contributed by atoms with Gasteiger partial charge in [-0.15, -0.1) is 0 Å². The normalized spacial score (nSPS) is 10.7. The first-order valence-electron chi connectivity index (χ1n) is 9.58. The maximum Gasteiger partial charge on any atom is 0.234 e. The van der Waals surface area contributed by atoms with Gasteiger partial charge in [-0.05, 0) is 29.8 Å². The van der Waals surface area contributed by atoms with Gasteiger partial charge in [0.25, 0.3) is 0 Å². The Morgan fingerprint density at radius 1 is 0.900 bits per heavy atom. The number of nitrogens with zero attached hydrogens (tertiary/aromatic N) is 2. The third kappa shape index (κ3) is 4.78. The molecule has 3 aromatic carbocycles. The molecule has 0 aliphatic rings. The summed E-state index contributed by atoms with van der Waals surface area (Å²) >= 11 is 1.40. The number of amides is 1. The number of thioether (sulfide) groups is 1. The van der Waals surface area contributed by atoms with Crippen molar-refractivity contribution in [1.82, 2.24) is 9.97 Å². The molecule has 0 aliphatic heterocycles. The van der Waals surface area contributed by atoms with Crippen LogP contribution in [0.2, 0.25) is 0 Å². The van der Waals surface area contributed by atoms with Crippen LogP contribution in [0, 0.1) is 0 Å². The minimum absolute atomic E-state index is 0.120. The van der Waals surface area contributed by atoms with E-state index in [4.69, 9.17) is 14.7 Å². The maximum absolute atomic E-state index is 12.6. The van der Waals surface area contributed by atoms with Crippen LogP contribution >= 0.6 is 11.8 Å². The fourth-order valence-electron chi connectivity index (χ4n) is 3.11. The Balaban J connectivity index is 1.54. The van der Waals surface area contributed by atoms with Crippen molar-refractivity contribution >= 4 is 34.4 Å². The summed E-state index contributed by atoms with van der Waals surface area (Å²) in [5.41, 5.74) is 4.35. The highest BCUT2D eigenvalue weighted by molar-refractivity contribution is 8.00. The lowest BCUT2D eigenvalue weighted by molar-refractivity contribution is -0.113. The van der Waals surface area contributed by atoms with Crippen LogP contribution in [0.3, 0.4) is 0 Å². The highest BCUT2D eigenvalue weighted by Gasteiger charge is 2.13. The Hall–Kier alpha value is -3.38. The van der Waals surface area contributed by atoms with E-state index < -0.39 is 0 Å². The summed E-state index contributed by atoms with van der Waals surface area (Å²) in [5, 5.41) is 3.68. The summed E-state index contributed by atoms with van der Waals surface area (Å²) in [6, 6.07) is 25.3. The van der Waals surface area contributed by atoms with Gasteiger partial charge in [0, 0.05) is 6.42 Å². The van der Waals surface area contributed by atoms with Gasteiger partial charge in [-0.2, -0.15) is 0 Å². The van der Waals surface area contributed by atoms with Gasteiger partial charge in [0.05, 0.1) is 35.3 Å². The maximum atomic E-state index is 12.6. The Labute approximate surface area is 179 Å². The van der Waals surface area contributed by atoms with E-state index in [1.54, 1.807) is 7.11 Å². The topological polar surface area (TPSA) is 64.1 Å². The molecular weight excluding hydrogens is 394 g/mol.